The minimum Gasteiger partial charge on any atom is -0.379 e. The Morgan fingerprint density at radius 2 is 1.61 bits per heavy atom. The van der Waals surface area contributed by atoms with Crippen molar-refractivity contribution in [1.82, 2.24) is 9.99 Å². The van der Waals surface area contributed by atoms with Crippen molar-refractivity contribution in [3.8, 4) is 0 Å². The molecular weight excluding hydrogens is 385 g/mol. The van der Waals surface area contributed by atoms with Crippen LogP contribution in [0.5, 0.6) is 0 Å². The van der Waals surface area contributed by atoms with Crippen LogP contribution >= 0.6 is 19.4 Å². The molecule has 0 bridgehead atoms. The second kappa shape index (κ2) is 9.32. The van der Waals surface area contributed by atoms with Gasteiger partial charge in [0.25, 0.3) is 0 Å². The van der Waals surface area contributed by atoms with Gasteiger partial charge in [0.05, 0.1) is 20.4 Å². The number of ether oxygens (including phenoxy) is 1. The third kappa shape index (κ3) is 4.72. The SMILES string of the molecule is CC(C)(C)P(=NC(=S)NCc1ccccc1)(c1ccccc1)N1CCOCC1. The lowest BCUT2D eigenvalue weighted by Gasteiger charge is -2.46. The zero-order valence-corrected chi connectivity index (χ0v) is 18.7. The topological polar surface area (TPSA) is 36.9 Å². The fourth-order valence-corrected chi connectivity index (χ4v) is 8.25. The lowest BCUT2D eigenvalue weighted by atomic mass is 10.2. The Morgan fingerprint density at radius 3 is 2.18 bits per heavy atom. The minimum atomic E-state index is -2.11. The van der Waals surface area contributed by atoms with Crippen LogP contribution in [0.2, 0.25) is 0 Å². The summed E-state index contributed by atoms with van der Waals surface area (Å²) in [5.41, 5.74) is 1.20. The van der Waals surface area contributed by atoms with Gasteiger partial charge in [-0.25, -0.2) is 4.74 Å². The first-order valence-corrected chi connectivity index (χ1v) is 11.9. The van der Waals surface area contributed by atoms with Crippen molar-refractivity contribution in [3.63, 3.8) is 0 Å². The zero-order chi connectivity index (χ0) is 20.0. The van der Waals surface area contributed by atoms with Crippen molar-refractivity contribution in [2.75, 3.05) is 26.3 Å². The van der Waals surface area contributed by atoms with Crippen LogP contribution in [0.25, 0.3) is 0 Å². The summed E-state index contributed by atoms with van der Waals surface area (Å²) in [6.07, 6.45) is 0. The third-order valence-electron chi connectivity index (χ3n) is 4.97. The summed E-state index contributed by atoms with van der Waals surface area (Å²) in [4.78, 5) is 0. The Morgan fingerprint density at radius 1 is 1.04 bits per heavy atom. The highest BCUT2D eigenvalue weighted by atomic mass is 32.1. The predicted molar refractivity (Wildman–Crippen MR) is 123 cm³/mol. The van der Waals surface area contributed by atoms with Gasteiger partial charge in [-0.05, 0) is 17.8 Å². The third-order valence-corrected chi connectivity index (χ3v) is 9.94. The fourth-order valence-electron chi connectivity index (χ4n) is 3.67. The van der Waals surface area contributed by atoms with Crippen LogP contribution in [-0.2, 0) is 11.3 Å². The molecule has 3 rings (SSSR count). The van der Waals surface area contributed by atoms with Crippen LogP contribution in [0.3, 0.4) is 0 Å². The number of hydrogen-bond acceptors (Lipinski definition) is 2. The molecule has 28 heavy (non-hydrogen) atoms. The number of hydrogen-bond donors (Lipinski definition) is 1. The minimum absolute atomic E-state index is 0.0514. The summed E-state index contributed by atoms with van der Waals surface area (Å²) in [6.45, 7) is 10.8. The van der Waals surface area contributed by atoms with E-state index in [1.54, 1.807) is 0 Å². The van der Waals surface area contributed by atoms with Crippen molar-refractivity contribution in [3.05, 3.63) is 66.2 Å². The molecule has 0 saturated carbocycles. The molecule has 150 valence electrons. The molecule has 0 radical (unpaired) electrons. The van der Waals surface area contributed by atoms with Crippen LogP contribution in [-0.4, -0.2) is 41.2 Å². The molecule has 1 heterocycles. The van der Waals surface area contributed by atoms with Crippen molar-refractivity contribution < 1.29 is 4.74 Å². The van der Waals surface area contributed by atoms with Gasteiger partial charge in [-0.1, -0.05) is 81.4 Å². The molecule has 0 amide bonds. The van der Waals surface area contributed by atoms with Crippen LogP contribution in [0.4, 0.5) is 0 Å². The molecule has 1 fully saturated rings. The Bertz CT molecular complexity index is 828. The molecule has 1 N–H and O–H groups in total. The highest BCUT2D eigenvalue weighted by Gasteiger charge is 2.41. The maximum Gasteiger partial charge on any atom is 0.193 e. The van der Waals surface area contributed by atoms with Gasteiger partial charge in [-0.3, -0.25) is 4.67 Å². The van der Waals surface area contributed by atoms with E-state index in [1.165, 1.54) is 10.9 Å². The number of thiocarbonyl (C=S) groups is 1. The number of rotatable bonds is 4. The van der Waals surface area contributed by atoms with Gasteiger partial charge in [0.1, 0.15) is 0 Å². The predicted octanol–water partition coefficient (Wildman–Crippen LogP) is 4.63. The fraction of sp³-hybridized carbons (Fsp3) is 0.409. The maximum absolute atomic E-state index is 5.73. The van der Waals surface area contributed by atoms with Crippen LogP contribution in [0.1, 0.15) is 26.3 Å². The first-order valence-electron chi connectivity index (χ1n) is 9.76. The molecular formula is C22H30N3OPS. The monoisotopic (exact) mass is 415 g/mol. The van der Waals surface area contributed by atoms with Gasteiger partial charge in [0.15, 0.2) is 5.11 Å². The van der Waals surface area contributed by atoms with Crippen LogP contribution < -0.4 is 10.6 Å². The summed E-state index contributed by atoms with van der Waals surface area (Å²) in [5, 5.41) is 5.18. The summed E-state index contributed by atoms with van der Waals surface area (Å²) >= 11 is 5.73. The van der Waals surface area contributed by atoms with Gasteiger partial charge in [0.2, 0.25) is 0 Å². The zero-order valence-electron chi connectivity index (χ0n) is 17.0. The molecule has 1 atom stereocenters. The summed E-state index contributed by atoms with van der Waals surface area (Å²) in [5.74, 6) is 0. The first kappa shape index (κ1) is 21.2. The molecule has 0 spiro atoms. The highest BCUT2D eigenvalue weighted by molar-refractivity contribution is 7.81. The quantitative estimate of drug-likeness (QED) is 0.583. The molecule has 1 aliphatic heterocycles. The molecule has 1 unspecified atom stereocenters. The molecule has 6 heteroatoms. The largest absolute Gasteiger partial charge is 0.379 e. The Labute approximate surface area is 174 Å². The van der Waals surface area contributed by atoms with Gasteiger partial charge in [-0.15, -0.1) is 0 Å². The van der Waals surface area contributed by atoms with E-state index in [0.29, 0.717) is 11.7 Å². The van der Waals surface area contributed by atoms with E-state index in [4.69, 9.17) is 21.7 Å². The van der Waals surface area contributed by atoms with Gasteiger partial charge in [-0.2, -0.15) is 0 Å². The van der Waals surface area contributed by atoms with Crippen molar-refractivity contribution >= 4 is 29.8 Å². The Balaban J connectivity index is 2.01. The molecule has 0 aromatic heterocycles. The lowest BCUT2D eigenvalue weighted by Crippen LogP contribution is -2.43. The normalized spacial score (nSPS) is 17.5. The maximum atomic E-state index is 5.73. The average molecular weight is 416 g/mol. The van der Waals surface area contributed by atoms with E-state index in [0.717, 1.165) is 26.3 Å². The number of morpholine rings is 1. The van der Waals surface area contributed by atoms with Crippen molar-refractivity contribution in [1.29, 1.82) is 0 Å². The second-order valence-corrected chi connectivity index (χ2v) is 12.1. The van der Waals surface area contributed by atoms with Crippen LogP contribution in [0.15, 0.2) is 65.4 Å². The van der Waals surface area contributed by atoms with Crippen molar-refractivity contribution in [2.24, 2.45) is 4.74 Å². The number of benzene rings is 2. The summed E-state index contributed by atoms with van der Waals surface area (Å²) in [6, 6.07) is 21.0. The van der Waals surface area contributed by atoms with Gasteiger partial charge < -0.3 is 10.1 Å². The second-order valence-electron chi connectivity index (χ2n) is 7.92. The van der Waals surface area contributed by atoms with E-state index >= 15 is 0 Å². The molecule has 1 aliphatic rings. The highest BCUT2D eigenvalue weighted by Crippen LogP contribution is 2.62. The average Bonchev–Trinajstić information content (AvgIpc) is 2.71. The molecule has 0 aliphatic carbocycles. The van der Waals surface area contributed by atoms with E-state index in [9.17, 15) is 0 Å². The Kier molecular flexibility index (Phi) is 7.05. The summed E-state index contributed by atoms with van der Waals surface area (Å²) < 4.78 is 13.5. The summed E-state index contributed by atoms with van der Waals surface area (Å²) in [7, 11) is -2.11. The molecule has 2 aromatic rings. The van der Waals surface area contributed by atoms with E-state index < -0.39 is 7.21 Å². The van der Waals surface area contributed by atoms with E-state index in [1.807, 2.05) is 18.2 Å². The smallest absolute Gasteiger partial charge is 0.193 e. The molecule has 4 nitrogen and oxygen atoms in total. The van der Waals surface area contributed by atoms with Crippen LogP contribution in [0, 0.1) is 0 Å². The number of nitrogens with one attached hydrogen (secondary N) is 1. The standard InChI is InChI=1S/C22H30N3OPS/c1-22(2,3)27(20-12-8-5-9-13-20,25-14-16-26-17-15-25)24-21(28)23-18-19-10-6-4-7-11-19/h4-13H,14-18H2,1-3H3,(H,23,28). The lowest BCUT2D eigenvalue weighted by molar-refractivity contribution is 0.0738. The van der Waals surface area contributed by atoms with E-state index in [2.05, 4.69) is 73.2 Å². The van der Waals surface area contributed by atoms with E-state index in [-0.39, 0.29) is 5.16 Å². The Hall–Kier alpha value is -1.52. The number of nitrogens with zero attached hydrogens (tertiary/aromatic N) is 2. The molecule has 1 saturated heterocycles. The molecule has 2 aromatic carbocycles. The first-order chi connectivity index (χ1) is 13.4. The van der Waals surface area contributed by atoms with Crippen molar-refractivity contribution in [2.45, 2.75) is 32.5 Å². The van der Waals surface area contributed by atoms with Gasteiger partial charge >= 0.3 is 0 Å². The van der Waals surface area contributed by atoms with Gasteiger partial charge in [0, 0.05) is 30.1 Å².